The Balaban J connectivity index is 1.29. The van der Waals surface area contributed by atoms with Crippen LogP contribution in [-0.4, -0.2) is 44.0 Å². The van der Waals surface area contributed by atoms with Gasteiger partial charge in [0, 0.05) is 23.5 Å². The van der Waals surface area contributed by atoms with E-state index >= 15 is 0 Å². The molecular weight excluding hydrogens is 438 g/mol. The summed E-state index contributed by atoms with van der Waals surface area (Å²) in [5, 5.41) is 24.9. The van der Waals surface area contributed by atoms with Gasteiger partial charge in [0.2, 0.25) is 11.0 Å². The van der Waals surface area contributed by atoms with Gasteiger partial charge in [0.15, 0.2) is 4.34 Å². The molecule has 0 unspecified atom stereocenters. The maximum absolute atomic E-state index is 12.3. The molecule has 9 nitrogen and oxygen atoms in total. The number of hydrogen-bond donors (Lipinski definition) is 4. The van der Waals surface area contributed by atoms with Gasteiger partial charge >= 0.3 is 5.97 Å². The summed E-state index contributed by atoms with van der Waals surface area (Å²) in [6.45, 7) is 0.487. The SMILES string of the molecule is O=C(CSc1nnc(NCc2ccco2)s1)N[C@H](Cc1c[nH]c2ccccc12)C(=O)O. The minimum atomic E-state index is -1.08. The lowest BCUT2D eigenvalue weighted by molar-refractivity contribution is -0.141. The van der Waals surface area contributed by atoms with Gasteiger partial charge in [-0.2, -0.15) is 0 Å². The maximum Gasteiger partial charge on any atom is 0.326 e. The summed E-state index contributed by atoms with van der Waals surface area (Å²) in [5.41, 5.74) is 1.77. The Bertz CT molecular complexity index is 1170. The molecule has 3 heterocycles. The zero-order chi connectivity index (χ0) is 21.6. The van der Waals surface area contributed by atoms with Gasteiger partial charge in [-0.15, -0.1) is 10.2 Å². The highest BCUT2D eigenvalue weighted by Crippen LogP contribution is 2.26. The summed E-state index contributed by atoms with van der Waals surface area (Å²) in [5.74, 6) is -0.634. The molecule has 0 aliphatic carbocycles. The quantitative estimate of drug-likeness (QED) is 0.267. The van der Waals surface area contributed by atoms with E-state index in [0.29, 0.717) is 16.0 Å². The molecule has 0 aliphatic heterocycles. The van der Waals surface area contributed by atoms with Crippen LogP contribution in [0.15, 0.2) is 57.6 Å². The number of nitrogens with zero attached hydrogens (tertiary/aromatic N) is 2. The van der Waals surface area contributed by atoms with Crippen molar-refractivity contribution in [2.24, 2.45) is 0 Å². The summed E-state index contributed by atoms with van der Waals surface area (Å²) in [6, 6.07) is 10.3. The van der Waals surface area contributed by atoms with E-state index in [1.165, 1.54) is 23.1 Å². The number of carbonyl (C=O) groups excluding carboxylic acids is 1. The number of aromatic nitrogens is 3. The second-order valence-corrected chi connectivity index (χ2v) is 8.82. The Labute approximate surface area is 185 Å². The van der Waals surface area contributed by atoms with Crippen molar-refractivity contribution in [1.29, 1.82) is 0 Å². The van der Waals surface area contributed by atoms with E-state index in [1.54, 1.807) is 18.5 Å². The normalized spacial score (nSPS) is 12.0. The summed E-state index contributed by atoms with van der Waals surface area (Å²) in [7, 11) is 0. The lowest BCUT2D eigenvalue weighted by atomic mass is 10.1. The number of benzene rings is 1. The smallest absolute Gasteiger partial charge is 0.326 e. The number of aliphatic carboxylic acids is 1. The van der Waals surface area contributed by atoms with Gasteiger partial charge in [0.1, 0.15) is 11.8 Å². The molecule has 4 rings (SSSR count). The number of para-hydroxylation sites is 1. The van der Waals surface area contributed by atoms with E-state index in [9.17, 15) is 14.7 Å². The topological polar surface area (TPSA) is 133 Å². The van der Waals surface area contributed by atoms with E-state index in [4.69, 9.17) is 4.42 Å². The molecule has 4 N–H and O–H groups in total. The molecule has 3 aromatic heterocycles. The van der Waals surface area contributed by atoms with Gasteiger partial charge in [-0.3, -0.25) is 4.79 Å². The fraction of sp³-hybridized carbons (Fsp3) is 0.200. The van der Waals surface area contributed by atoms with Crippen LogP contribution in [0.2, 0.25) is 0 Å². The van der Waals surface area contributed by atoms with Gasteiger partial charge in [0.05, 0.1) is 18.6 Å². The first kappa shape index (κ1) is 20.9. The van der Waals surface area contributed by atoms with Crippen molar-refractivity contribution in [3.8, 4) is 0 Å². The Morgan fingerprint density at radius 2 is 2.10 bits per heavy atom. The highest BCUT2D eigenvalue weighted by molar-refractivity contribution is 8.01. The number of carboxylic acid groups (broad SMARTS) is 1. The van der Waals surface area contributed by atoms with E-state index in [0.717, 1.165) is 22.2 Å². The summed E-state index contributed by atoms with van der Waals surface area (Å²) < 4.78 is 5.86. The second kappa shape index (κ2) is 9.67. The van der Waals surface area contributed by atoms with E-state index in [1.807, 2.05) is 30.3 Å². The first-order valence-electron chi connectivity index (χ1n) is 9.38. The van der Waals surface area contributed by atoms with Crippen LogP contribution in [-0.2, 0) is 22.6 Å². The van der Waals surface area contributed by atoms with Crippen LogP contribution in [0.5, 0.6) is 0 Å². The number of nitrogens with one attached hydrogen (secondary N) is 3. The Morgan fingerprint density at radius 3 is 2.90 bits per heavy atom. The van der Waals surface area contributed by atoms with Crippen molar-refractivity contribution in [1.82, 2.24) is 20.5 Å². The average molecular weight is 458 g/mol. The fourth-order valence-corrected chi connectivity index (χ4v) is 4.56. The molecule has 11 heteroatoms. The average Bonchev–Trinajstić information content (AvgIpc) is 3.51. The molecule has 1 atom stereocenters. The largest absolute Gasteiger partial charge is 0.480 e. The minimum Gasteiger partial charge on any atom is -0.480 e. The predicted molar refractivity (Wildman–Crippen MR) is 118 cm³/mol. The number of amides is 1. The van der Waals surface area contributed by atoms with Crippen molar-refractivity contribution in [2.75, 3.05) is 11.1 Å². The monoisotopic (exact) mass is 457 g/mol. The van der Waals surface area contributed by atoms with Crippen LogP contribution in [0.1, 0.15) is 11.3 Å². The van der Waals surface area contributed by atoms with Crippen molar-refractivity contribution in [2.45, 2.75) is 23.3 Å². The van der Waals surface area contributed by atoms with E-state index in [-0.39, 0.29) is 18.1 Å². The van der Waals surface area contributed by atoms with Crippen LogP contribution >= 0.6 is 23.1 Å². The van der Waals surface area contributed by atoms with Gasteiger partial charge in [-0.25, -0.2) is 4.79 Å². The lowest BCUT2D eigenvalue weighted by Crippen LogP contribution is -2.43. The standard InChI is InChI=1S/C20H19N5O4S2/c26-17(11-30-20-25-24-19(31-20)22-10-13-4-3-7-29-13)23-16(18(27)28)8-12-9-21-15-6-2-1-5-14(12)15/h1-7,9,16,21H,8,10-11H2,(H,22,24)(H,23,26)(H,27,28)/t16-/m1/s1. The van der Waals surface area contributed by atoms with Crippen LogP contribution in [0.3, 0.4) is 0 Å². The molecule has 0 bridgehead atoms. The zero-order valence-corrected chi connectivity index (χ0v) is 17.8. The van der Waals surface area contributed by atoms with Gasteiger partial charge in [-0.05, 0) is 23.8 Å². The first-order chi connectivity index (χ1) is 15.1. The summed E-state index contributed by atoms with van der Waals surface area (Å²) in [4.78, 5) is 27.1. The molecule has 0 fully saturated rings. The molecule has 160 valence electrons. The van der Waals surface area contributed by atoms with Crippen molar-refractivity contribution < 1.29 is 19.1 Å². The summed E-state index contributed by atoms with van der Waals surface area (Å²) >= 11 is 2.52. The van der Waals surface area contributed by atoms with Crippen LogP contribution < -0.4 is 10.6 Å². The molecule has 1 amide bonds. The third kappa shape index (κ3) is 5.44. The van der Waals surface area contributed by atoms with E-state index < -0.39 is 12.0 Å². The number of anilines is 1. The molecule has 1 aromatic carbocycles. The fourth-order valence-electron chi connectivity index (χ4n) is 3.00. The minimum absolute atomic E-state index is 0.0461. The molecule has 31 heavy (non-hydrogen) atoms. The van der Waals surface area contributed by atoms with Gasteiger partial charge in [-0.1, -0.05) is 41.3 Å². The molecule has 0 saturated carbocycles. The zero-order valence-electron chi connectivity index (χ0n) is 16.2. The molecule has 0 aliphatic rings. The Morgan fingerprint density at radius 1 is 1.23 bits per heavy atom. The third-order valence-corrected chi connectivity index (χ3v) is 6.47. The third-order valence-electron chi connectivity index (χ3n) is 4.46. The lowest BCUT2D eigenvalue weighted by Gasteiger charge is -2.13. The molecule has 0 spiro atoms. The molecule has 0 radical (unpaired) electrons. The Kier molecular flexibility index (Phi) is 6.53. The van der Waals surface area contributed by atoms with Crippen molar-refractivity contribution in [3.05, 3.63) is 60.2 Å². The van der Waals surface area contributed by atoms with Gasteiger partial charge < -0.3 is 25.1 Å². The van der Waals surface area contributed by atoms with Crippen LogP contribution in [0, 0.1) is 0 Å². The number of furan rings is 1. The number of rotatable bonds is 10. The number of fused-ring (bicyclic) bond motifs is 1. The van der Waals surface area contributed by atoms with Crippen LogP contribution in [0.4, 0.5) is 5.13 Å². The number of carboxylic acids is 1. The molecular formula is C20H19N5O4S2. The highest BCUT2D eigenvalue weighted by atomic mass is 32.2. The number of hydrogen-bond acceptors (Lipinski definition) is 8. The van der Waals surface area contributed by atoms with E-state index in [2.05, 4.69) is 25.8 Å². The number of thioether (sulfide) groups is 1. The maximum atomic E-state index is 12.3. The van der Waals surface area contributed by atoms with Crippen LogP contribution in [0.25, 0.3) is 10.9 Å². The van der Waals surface area contributed by atoms with Gasteiger partial charge in [0.25, 0.3) is 0 Å². The van der Waals surface area contributed by atoms with Crippen molar-refractivity contribution >= 4 is 51.0 Å². The molecule has 0 saturated heterocycles. The highest BCUT2D eigenvalue weighted by Gasteiger charge is 2.22. The first-order valence-corrected chi connectivity index (χ1v) is 11.2. The number of H-pyrrole nitrogens is 1. The number of carbonyl (C=O) groups is 2. The second-order valence-electron chi connectivity index (χ2n) is 6.62. The molecule has 4 aromatic rings. The predicted octanol–water partition coefficient (Wildman–Crippen LogP) is 3.13. The summed E-state index contributed by atoms with van der Waals surface area (Å²) in [6.07, 6.45) is 3.56. The van der Waals surface area contributed by atoms with Crippen molar-refractivity contribution in [3.63, 3.8) is 0 Å². The Hall–Kier alpha value is -3.31. The number of aromatic amines is 1.